The fraction of sp³-hybridized carbons (Fsp3) is 0.350. The number of rotatable bonds is 4. The zero-order valence-electron chi connectivity index (χ0n) is 16.6. The molecule has 2 aromatic carbocycles. The van der Waals surface area contributed by atoms with E-state index < -0.39 is 27.9 Å². The molecule has 2 aliphatic heterocycles. The summed E-state index contributed by atoms with van der Waals surface area (Å²) in [6.07, 6.45) is -5.47. The highest BCUT2D eigenvalue weighted by molar-refractivity contribution is 7.92. The zero-order chi connectivity index (χ0) is 22.9. The van der Waals surface area contributed by atoms with Crippen molar-refractivity contribution in [1.29, 1.82) is 0 Å². The average Bonchev–Trinajstić information content (AvgIpc) is 2.78. The Bertz CT molecular complexity index is 1120. The minimum absolute atomic E-state index is 0.103. The minimum atomic E-state index is -4.60. The summed E-state index contributed by atoms with van der Waals surface area (Å²) in [6, 6.07) is 7.63. The minimum Gasteiger partial charge on any atom is -0.485 e. The Labute approximate surface area is 181 Å². The molecule has 32 heavy (non-hydrogen) atoms. The van der Waals surface area contributed by atoms with Gasteiger partial charge in [0.2, 0.25) is 6.10 Å². The second-order valence-corrected chi connectivity index (χ2v) is 8.83. The Hall–Kier alpha value is -2.99. The van der Waals surface area contributed by atoms with Gasteiger partial charge in [0.15, 0.2) is 11.5 Å². The first kappa shape index (κ1) is 22.2. The predicted octanol–water partition coefficient (Wildman–Crippen LogP) is 2.50. The molecule has 0 unspecified atom stereocenters. The van der Waals surface area contributed by atoms with Gasteiger partial charge in [-0.05, 0) is 30.3 Å². The molecular weight excluding hydrogens is 453 g/mol. The number of anilines is 1. The number of halogens is 3. The zero-order valence-corrected chi connectivity index (χ0v) is 17.4. The van der Waals surface area contributed by atoms with Gasteiger partial charge in [0.1, 0.15) is 6.61 Å². The van der Waals surface area contributed by atoms with E-state index in [1.165, 1.54) is 24.3 Å². The van der Waals surface area contributed by atoms with Crippen molar-refractivity contribution in [3.05, 3.63) is 48.0 Å². The Morgan fingerprint density at radius 3 is 2.53 bits per heavy atom. The summed E-state index contributed by atoms with van der Waals surface area (Å²) in [5.74, 6) is 0.0608. The third-order valence-corrected chi connectivity index (χ3v) is 6.30. The molecule has 1 fully saturated rings. The predicted molar refractivity (Wildman–Crippen MR) is 106 cm³/mol. The maximum Gasteiger partial charge on any atom is 0.416 e. The Kier molecular flexibility index (Phi) is 5.91. The molecule has 1 atom stereocenters. The van der Waals surface area contributed by atoms with Crippen LogP contribution in [0.3, 0.4) is 0 Å². The van der Waals surface area contributed by atoms with E-state index in [0.29, 0.717) is 32.4 Å². The van der Waals surface area contributed by atoms with Crippen molar-refractivity contribution in [3.8, 4) is 11.5 Å². The Morgan fingerprint density at radius 1 is 1.06 bits per heavy atom. The third kappa shape index (κ3) is 4.75. The summed E-state index contributed by atoms with van der Waals surface area (Å²) < 4.78 is 82.6. The van der Waals surface area contributed by atoms with Gasteiger partial charge in [-0.3, -0.25) is 9.52 Å². The van der Waals surface area contributed by atoms with Crippen LogP contribution in [0.1, 0.15) is 5.56 Å². The van der Waals surface area contributed by atoms with E-state index in [0.717, 1.165) is 12.1 Å². The molecule has 172 valence electrons. The second-order valence-electron chi connectivity index (χ2n) is 7.15. The van der Waals surface area contributed by atoms with E-state index in [2.05, 4.69) is 4.72 Å². The van der Waals surface area contributed by atoms with Crippen molar-refractivity contribution in [1.82, 2.24) is 4.90 Å². The molecule has 0 saturated carbocycles. The van der Waals surface area contributed by atoms with Gasteiger partial charge in [0.25, 0.3) is 15.9 Å². The van der Waals surface area contributed by atoms with Crippen LogP contribution in [-0.4, -0.2) is 58.2 Å². The normalized spacial score (nSPS) is 18.8. The number of alkyl halides is 3. The fourth-order valence-corrected chi connectivity index (χ4v) is 4.37. The summed E-state index contributed by atoms with van der Waals surface area (Å²) in [5.41, 5.74) is -1.21. The van der Waals surface area contributed by atoms with Crippen LogP contribution in [0.25, 0.3) is 0 Å². The Balaban J connectivity index is 1.49. The van der Waals surface area contributed by atoms with Gasteiger partial charge in [-0.15, -0.1) is 0 Å². The molecule has 2 aliphatic rings. The number of carbonyl (C=O) groups excluding carboxylic acids is 1. The Morgan fingerprint density at radius 2 is 1.81 bits per heavy atom. The summed E-state index contributed by atoms with van der Waals surface area (Å²) >= 11 is 0. The summed E-state index contributed by atoms with van der Waals surface area (Å²) in [5, 5.41) is 0. The number of morpholine rings is 1. The van der Waals surface area contributed by atoms with Crippen LogP contribution in [0.15, 0.2) is 47.4 Å². The average molecular weight is 472 g/mol. The number of hydrogen-bond acceptors (Lipinski definition) is 6. The SMILES string of the molecule is O=C([C@@H]1COc2cc(S(=O)(=O)Nc3cccc(C(F)(F)F)c3)ccc2O1)N1CCOCC1. The van der Waals surface area contributed by atoms with Crippen LogP contribution >= 0.6 is 0 Å². The molecule has 2 heterocycles. The molecule has 1 saturated heterocycles. The molecular formula is C20H19F3N2O6S. The largest absolute Gasteiger partial charge is 0.485 e. The van der Waals surface area contributed by atoms with Gasteiger partial charge in [0.05, 0.1) is 23.7 Å². The third-order valence-electron chi connectivity index (χ3n) is 4.93. The van der Waals surface area contributed by atoms with Crippen molar-refractivity contribution in [3.63, 3.8) is 0 Å². The molecule has 0 spiro atoms. The van der Waals surface area contributed by atoms with Crippen molar-refractivity contribution in [2.24, 2.45) is 0 Å². The first-order valence-electron chi connectivity index (χ1n) is 9.64. The number of carbonyl (C=O) groups is 1. The number of nitrogens with one attached hydrogen (secondary N) is 1. The molecule has 0 bridgehead atoms. The highest BCUT2D eigenvalue weighted by atomic mass is 32.2. The topological polar surface area (TPSA) is 94.2 Å². The van der Waals surface area contributed by atoms with Crippen LogP contribution in [0.5, 0.6) is 11.5 Å². The maximum absolute atomic E-state index is 12.9. The molecule has 0 aromatic heterocycles. The molecule has 0 aliphatic carbocycles. The van der Waals surface area contributed by atoms with Crippen molar-refractivity contribution in [2.75, 3.05) is 37.6 Å². The lowest BCUT2D eigenvalue weighted by Crippen LogP contribution is -2.50. The molecule has 0 radical (unpaired) electrons. The smallest absolute Gasteiger partial charge is 0.416 e. The van der Waals surface area contributed by atoms with E-state index >= 15 is 0 Å². The van der Waals surface area contributed by atoms with Crippen LogP contribution in [-0.2, 0) is 25.7 Å². The van der Waals surface area contributed by atoms with Gasteiger partial charge in [-0.2, -0.15) is 13.2 Å². The van der Waals surface area contributed by atoms with Crippen molar-refractivity contribution in [2.45, 2.75) is 17.2 Å². The molecule has 1 amide bonds. The lowest BCUT2D eigenvalue weighted by atomic mass is 10.2. The maximum atomic E-state index is 12.9. The van der Waals surface area contributed by atoms with E-state index in [-0.39, 0.29) is 34.6 Å². The van der Waals surface area contributed by atoms with E-state index in [1.54, 1.807) is 4.90 Å². The van der Waals surface area contributed by atoms with Gasteiger partial charge >= 0.3 is 6.18 Å². The lowest BCUT2D eigenvalue weighted by molar-refractivity contribution is -0.145. The van der Waals surface area contributed by atoms with Crippen LogP contribution in [0.4, 0.5) is 18.9 Å². The van der Waals surface area contributed by atoms with Crippen LogP contribution in [0.2, 0.25) is 0 Å². The van der Waals surface area contributed by atoms with E-state index in [1.807, 2.05) is 0 Å². The van der Waals surface area contributed by atoms with E-state index in [4.69, 9.17) is 14.2 Å². The molecule has 2 aromatic rings. The molecule has 4 rings (SSSR count). The highest BCUT2D eigenvalue weighted by Gasteiger charge is 2.33. The van der Waals surface area contributed by atoms with Crippen LogP contribution < -0.4 is 14.2 Å². The number of hydrogen-bond donors (Lipinski definition) is 1. The first-order valence-corrected chi connectivity index (χ1v) is 11.1. The number of benzene rings is 2. The summed E-state index contributed by atoms with van der Waals surface area (Å²) in [7, 11) is -4.20. The summed E-state index contributed by atoms with van der Waals surface area (Å²) in [4.78, 5) is 14.0. The van der Waals surface area contributed by atoms with Gasteiger partial charge < -0.3 is 19.1 Å². The first-order chi connectivity index (χ1) is 15.1. The lowest BCUT2D eigenvalue weighted by Gasteiger charge is -2.32. The molecule has 12 heteroatoms. The highest BCUT2D eigenvalue weighted by Crippen LogP contribution is 2.35. The number of nitrogens with zero attached hydrogens (tertiary/aromatic N) is 1. The molecule has 8 nitrogen and oxygen atoms in total. The number of ether oxygens (including phenoxy) is 3. The summed E-state index contributed by atoms with van der Waals surface area (Å²) in [6.45, 7) is 1.67. The number of fused-ring (bicyclic) bond motifs is 1. The number of amides is 1. The van der Waals surface area contributed by atoms with Gasteiger partial charge in [-0.25, -0.2) is 8.42 Å². The van der Waals surface area contributed by atoms with E-state index in [9.17, 15) is 26.4 Å². The fourth-order valence-electron chi connectivity index (χ4n) is 3.30. The van der Waals surface area contributed by atoms with Gasteiger partial charge in [0, 0.05) is 24.8 Å². The standard InChI is InChI=1S/C20H19F3N2O6S/c21-20(22,23)13-2-1-3-14(10-13)24-32(27,28)15-4-5-16-17(11-15)30-12-18(31-16)19(26)25-6-8-29-9-7-25/h1-5,10-11,18,24H,6-9,12H2/t18-/m0/s1. The van der Waals surface area contributed by atoms with Crippen LogP contribution in [0, 0.1) is 0 Å². The van der Waals surface area contributed by atoms with Gasteiger partial charge in [-0.1, -0.05) is 6.07 Å². The quantitative estimate of drug-likeness (QED) is 0.735. The van der Waals surface area contributed by atoms with Crippen molar-refractivity contribution >= 4 is 21.6 Å². The second kappa shape index (κ2) is 8.51. The number of sulfonamides is 1. The molecule has 1 N–H and O–H groups in total. The monoisotopic (exact) mass is 472 g/mol. The van der Waals surface area contributed by atoms with Crippen molar-refractivity contribution < 1.29 is 40.6 Å².